The van der Waals surface area contributed by atoms with Gasteiger partial charge in [0, 0.05) is 11.1 Å². The fourth-order valence-corrected chi connectivity index (χ4v) is 4.82. The summed E-state index contributed by atoms with van der Waals surface area (Å²) in [4.78, 5) is 29.8. The maximum Gasteiger partial charge on any atom is 0.341 e. The summed E-state index contributed by atoms with van der Waals surface area (Å²) in [6.07, 6.45) is 1.77. The molecule has 0 saturated carbocycles. The second kappa shape index (κ2) is 9.44. The number of rotatable bonds is 7. The van der Waals surface area contributed by atoms with Gasteiger partial charge in [-0.1, -0.05) is 78.1 Å². The molecule has 35 heavy (non-hydrogen) atoms. The minimum Gasteiger partial charge on any atom is -0.493 e. The number of carbonyl (C=O) groups is 1. The molecule has 0 unspecified atom stereocenters. The van der Waals surface area contributed by atoms with Gasteiger partial charge in [0.15, 0.2) is 23.1 Å². The molecule has 0 spiro atoms. The summed E-state index contributed by atoms with van der Waals surface area (Å²) in [5.41, 5.74) is 3.91. The summed E-state index contributed by atoms with van der Waals surface area (Å²) in [6, 6.07) is 24.6. The molecule has 0 aliphatic rings. The molecule has 0 saturated heterocycles. The molecule has 0 radical (unpaired) electrons. The highest BCUT2D eigenvalue weighted by atomic mass is 32.1. The van der Waals surface area contributed by atoms with Gasteiger partial charge in [0.1, 0.15) is 0 Å². The predicted octanol–water partition coefficient (Wildman–Crippen LogP) is 4.11. The largest absolute Gasteiger partial charge is 0.493 e. The van der Waals surface area contributed by atoms with Crippen molar-refractivity contribution in [1.82, 2.24) is 9.38 Å². The lowest BCUT2D eigenvalue weighted by molar-refractivity contribution is -0.139. The first-order valence-electron chi connectivity index (χ1n) is 10.8. The zero-order valence-corrected chi connectivity index (χ0v) is 19.5. The van der Waals surface area contributed by atoms with E-state index in [-0.39, 0.29) is 5.56 Å². The quantitative estimate of drug-likeness (QED) is 0.374. The van der Waals surface area contributed by atoms with E-state index in [1.54, 1.807) is 28.7 Å². The Kier molecular flexibility index (Phi) is 6.03. The minimum atomic E-state index is -1.08. The summed E-state index contributed by atoms with van der Waals surface area (Å²) in [6.45, 7) is -0.474. The van der Waals surface area contributed by atoms with Crippen LogP contribution in [0.25, 0.3) is 33.6 Å². The number of carboxylic acid groups (broad SMARTS) is 1. The standard InChI is InChI=1S/C27H20N2O5S/c1-33-21-14-17(12-13-20(21)34-16-23(30)31)15-22-26(32)29-25(19-10-6-3-7-11-19)24(28-27(29)35-22)18-8-4-2-5-9-18/h2-15H,16H2,1H3,(H,30,31)/b22-15+. The lowest BCUT2D eigenvalue weighted by Crippen LogP contribution is -2.23. The second-order valence-electron chi connectivity index (χ2n) is 7.67. The van der Waals surface area contributed by atoms with Crippen LogP contribution in [0.2, 0.25) is 0 Å². The molecular formula is C27H20N2O5S. The van der Waals surface area contributed by atoms with Crippen LogP contribution >= 0.6 is 11.3 Å². The SMILES string of the molecule is COc1cc(/C=c2/sc3nc(-c4ccccc4)c(-c4ccccc4)n3c2=O)ccc1OCC(=O)O. The number of hydrogen-bond acceptors (Lipinski definition) is 6. The molecule has 0 atom stereocenters. The van der Waals surface area contributed by atoms with Gasteiger partial charge in [0.05, 0.1) is 23.0 Å². The number of aromatic nitrogens is 2. The van der Waals surface area contributed by atoms with Crippen LogP contribution in [0.1, 0.15) is 5.56 Å². The van der Waals surface area contributed by atoms with E-state index in [1.807, 2.05) is 60.7 Å². The number of thiazole rings is 1. The molecule has 5 aromatic rings. The van der Waals surface area contributed by atoms with Crippen LogP contribution in [-0.2, 0) is 4.79 Å². The van der Waals surface area contributed by atoms with Crippen molar-refractivity contribution in [2.75, 3.05) is 13.7 Å². The zero-order valence-electron chi connectivity index (χ0n) is 18.7. The van der Waals surface area contributed by atoms with Crippen LogP contribution in [0, 0.1) is 0 Å². The Labute approximate surface area is 204 Å². The van der Waals surface area contributed by atoms with Crippen LogP contribution in [-0.4, -0.2) is 34.2 Å². The third-order valence-electron chi connectivity index (χ3n) is 5.39. The summed E-state index contributed by atoms with van der Waals surface area (Å²) in [5, 5.41) is 8.85. The summed E-state index contributed by atoms with van der Waals surface area (Å²) >= 11 is 1.31. The van der Waals surface area contributed by atoms with E-state index in [4.69, 9.17) is 19.6 Å². The Morgan fingerprint density at radius 1 is 1.00 bits per heavy atom. The molecule has 0 bridgehead atoms. The topological polar surface area (TPSA) is 90.1 Å². The van der Waals surface area contributed by atoms with Gasteiger partial charge in [-0.25, -0.2) is 14.2 Å². The van der Waals surface area contributed by atoms with Crippen molar-refractivity contribution >= 4 is 28.3 Å². The Balaban J connectivity index is 1.65. The highest BCUT2D eigenvalue weighted by Crippen LogP contribution is 2.32. The first-order chi connectivity index (χ1) is 17.0. The van der Waals surface area contributed by atoms with Crippen molar-refractivity contribution in [3.63, 3.8) is 0 Å². The van der Waals surface area contributed by atoms with Gasteiger partial charge in [0.25, 0.3) is 5.56 Å². The van der Waals surface area contributed by atoms with Gasteiger partial charge in [-0.2, -0.15) is 0 Å². The van der Waals surface area contributed by atoms with Crippen molar-refractivity contribution in [3.8, 4) is 34.0 Å². The number of imidazole rings is 1. The minimum absolute atomic E-state index is 0.163. The van der Waals surface area contributed by atoms with E-state index in [1.165, 1.54) is 18.4 Å². The fraction of sp³-hybridized carbons (Fsp3) is 0.0741. The monoisotopic (exact) mass is 484 g/mol. The average Bonchev–Trinajstić information content (AvgIpc) is 3.40. The molecule has 0 aliphatic heterocycles. The molecule has 1 N–H and O–H groups in total. The van der Waals surface area contributed by atoms with Gasteiger partial charge < -0.3 is 14.6 Å². The third kappa shape index (κ3) is 4.39. The number of ether oxygens (including phenoxy) is 2. The van der Waals surface area contributed by atoms with Crippen molar-refractivity contribution in [1.29, 1.82) is 0 Å². The molecule has 0 fully saturated rings. The smallest absolute Gasteiger partial charge is 0.341 e. The Hall–Kier alpha value is -4.43. The van der Waals surface area contributed by atoms with E-state index >= 15 is 0 Å². The Bertz CT molecular complexity index is 1630. The number of aliphatic carboxylic acids is 1. The number of fused-ring (bicyclic) bond motifs is 1. The Morgan fingerprint density at radius 2 is 1.69 bits per heavy atom. The highest BCUT2D eigenvalue weighted by Gasteiger charge is 2.20. The molecule has 2 heterocycles. The highest BCUT2D eigenvalue weighted by molar-refractivity contribution is 7.15. The average molecular weight is 485 g/mol. The lowest BCUT2D eigenvalue weighted by atomic mass is 10.1. The van der Waals surface area contributed by atoms with E-state index in [0.29, 0.717) is 21.0 Å². The van der Waals surface area contributed by atoms with E-state index in [2.05, 4.69) is 0 Å². The summed E-state index contributed by atoms with van der Waals surface area (Å²) in [5.74, 6) is -0.385. The normalized spacial score (nSPS) is 11.6. The van der Waals surface area contributed by atoms with Crippen LogP contribution in [0.3, 0.4) is 0 Å². The molecule has 5 rings (SSSR count). The summed E-state index contributed by atoms with van der Waals surface area (Å²) < 4.78 is 12.8. The first-order valence-corrected chi connectivity index (χ1v) is 11.6. The van der Waals surface area contributed by atoms with Crippen molar-refractivity contribution < 1.29 is 19.4 Å². The zero-order chi connectivity index (χ0) is 24.4. The molecule has 8 heteroatoms. The van der Waals surface area contributed by atoms with Crippen molar-refractivity contribution in [2.45, 2.75) is 0 Å². The maximum atomic E-state index is 13.6. The first kappa shape index (κ1) is 22.4. The van der Waals surface area contributed by atoms with Gasteiger partial charge in [-0.15, -0.1) is 0 Å². The number of hydrogen-bond donors (Lipinski definition) is 1. The van der Waals surface area contributed by atoms with Gasteiger partial charge >= 0.3 is 5.97 Å². The molecule has 174 valence electrons. The number of carboxylic acids is 1. The van der Waals surface area contributed by atoms with E-state index in [0.717, 1.165) is 28.1 Å². The number of methoxy groups -OCH3 is 1. The fourth-order valence-electron chi connectivity index (χ4n) is 3.84. The second-order valence-corrected chi connectivity index (χ2v) is 8.68. The van der Waals surface area contributed by atoms with E-state index < -0.39 is 12.6 Å². The van der Waals surface area contributed by atoms with Gasteiger partial charge in [0.2, 0.25) is 0 Å². The van der Waals surface area contributed by atoms with Crippen LogP contribution in [0.4, 0.5) is 0 Å². The molecule has 7 nitrogen and oxygen atoms in total. The van der Waals surface area contributed by atoms with Crippen LogP contribution in [0.5, 0.6) is 11.5 Å². The molecular weight excluding hydrogens is 464 g/mol. The molecule has 0 aliphatic carbocycles. The third-order valence-corrected chi connectivity index (χ3v) is 6.36. The Morgan fingerprint density at radius 3 is 2.34 bits per heavy atom. The lowest BCUT2D eigenvalue weighted by Gasteiger charge is -2.09. The van der Waals surface area contributed by atoms with E-state index in [9.17, 15) is 9.59 Å². The van der Waals surface area contributed by atoms with Gasteiger partial charge in [-0.05, 0) is 23.8 Å². The molecule has 0 amide bonds. The molecule has 3 aromatic carbocycles. The maximum absolute atomic E-state index is 13.6. The van der Waals surface area contributed by atoms with Crippen molar-refractivity contribution in [3.05, 3.63) is 99.3 Å². The molecule has 2 aromatic heterocycles. The van der Waals surface area contributed by atoms with Crippen LogP contribution in [0.15, 0.2) is 83.7 Å². The summed E-state index contributed by atoms with van der Waals surface area (Å²) in [7, 11) is 1.47. The number of nitrogens with zero attached hydrogens (tertiary/aromatic N) is 2. The van der Waals surface area contributed by atoms with Crippen LogP contribution < -0.4 is 19.6 Å². The van der Waals surface area contributed by atoms with Gasteiger partial charge in [-0.3, -0.25) is 4.79 Å². The van der Waals surface area contributed by atoms with Crippen molar-refractivity contribution in [2.24, 2.45) is 0 Å². The number of benzene rings is 3. The predicted molar refractivity (Wildman–Crippen MR) is 135 cm³/mol.